The molecule has 0 bridgehead atoms. The Bertz CT molecular complexity index is 1140. The topological polar surface area (TPSA) is 112 Å². The molecule has 0 aliphatic rings. The molecule has 1 heterocycles. The van der Waals surface area contributed by atoms with E-state index in [2.05, 4.69) is 10.1 Å². The Kier molecular flexibility index (Phi) is 7.66. The fraction of sp³-hybridized carbons (Fsp3) is 0.286. The van der Waals surface area contributed by atoms with Gasteiger partial charge in [0, 0.05) is 28.8 Å². The molecule has 3 aromatic rings. The molecule has 2 aromatic carbocycles. The zero-order valence-electron chi connectivity index (χ0n) is 17.4. The molecule has 0 aliphatic heterocycles. The van der Waals surface area contributed by atoms with Crippen LogP contribution in [0.2, 0.25) is 10.0 Å². The fourth-order valence-electron chi connectivity index (χ4n) is 2.98. The number of hydrogen-bond acceptors (Lipinski definition) is 7. The molecule has 0 radical (unpaired) electrons. The highest BCUT2D eigenvalue weighted by molar-refractivity contribution is 6.36. The summed E-state index contributed by atoms with van der Waals surface area (Å²) in [6.45, 7) is 3.87. The van der Waals surface area contributed by atoms with Crippen LogP contribution in [0.15, 0.2) is 40.9 Å². The number of nitro benzene ring substituents is 1. The summed E-state index contributed by atoms with van der Waals surface area (Å²) in [6.07, 6.45) is 0.715. The summed E-state index contributed by atoms with van der Waals surface area (Å²) >= 11 is 12.1. The summed E-state index contributed by atoms with van der Waals surface area (Å²) in [6, 6.07) is 9.27. The van der Waals surface area contributed by atoms with E-state index in [1.165, 1.54) is 18.2 Å². The monoisotopic (exact) mass is 478 g/mol. The molecule has 0 atom stereocenters. The third-order valence-corrected chi connectivity index (χ3v) is 5.09. The Morgan fingerprint density at radius 1 is 1.25 bits per heavy atom. The smallest absolute Gasteiger partial charge is 0.272 e. The molecule has 1 amide bonds. The lowest BCUT2D eigenvalue weighted by atomic mass is 10.2. The van der Waals surface area contributed by atoms with Crippen LogP contribution in [0.4, 0.5) is 5.69 Å². The zero-order valence-corrected chi connectivity index (χ0v) is 18.9. The van der Waals surface area contributed by atoms with Crippen molar-refractivity contribution in [2.24, 2.45) is 0 Å². The number of carbonyl (C=O) groups excluding carboxylic acids is 1. The second kappa shape index (κ2) is 10.4. The number of nitrogens with zero attached hydrogens (tertiary/aromatic N) is 4. The number of ether oxygens (including phenoxy) is 1. The first-order chi connectivity index (χ1) is 15.3. The van der Waals surface area contributed by atoms with Crippen molar-refractivity contribution in [2.75, 3.05) is 13.2 Å². The maximum atomic E-state index is 12.7. The summed E-state index contributed by atoms with van der Waals surface area (Å²) in [5.74, 6) is 0.629. The maximum absolute atomic E-state index is 12.7. The molecule has 0 unspecified atom stereocenters. The Hall–Kier alpha value is -3.17. The largest absolute Gasteiger partial charge is 0.484 e. The van der Waals surface area contributed by atoms with E-state index < -0.39 is 4.92 Å². The van der Waals surface area contributed by atoms with Gasteiger partial charge in [0.25, 0.3) is 11.6 Å². The molecule has 0 fully saturated rings. The SMILES string of the molecule is CCCN(Cc1nc(-c2ccc(Cl)cc2Cl)no1)C(=O)COc1ccc([N+](=O)[O-])c(C)c1. The molecule has 0 N–H and O–H groups in total. The third-order valence-electron chi connectivity index (χ3n) is 4.54. The molecular weight excluding hydrogens is 459 g/mol. The van der Waals surface area contributed by atoms with Gasteiger partial charge in [0.15, 0.2) is 6.61 Å². The predicted molar refractivity (Wildman–Crippen MR) is 119 cm³/mol. The summed E-state index contributed by atoms with van der Waals surface area (Å²) < 4.78 is 10.8. The number of nitro groups is 1. The van der Waals surface area contributed by atoms with Gasteiger partial charge in [-0.25, -0.2) is 0 Å². The Morgan fingerprint density at radius 2 is 2.03 bits per heavy atom. The van der Waals surface area contributed by atoms with Crippen molar-refractivity contribution < 1.29 is 19.0 Å². The van der Waals surface area contributed by atoms with Gasteiger partial charge < -0.3 is 14.2 Å². The van der Waals surface area contributed by atoms with Crippen molar-refractivity contribution in [1.29, 1.82) is 0 Å². The minimum Gasteiger partial charge on any atom is -0.484 e. The van der Waals surface area contributed by atoms with Crippen molar-refractivity contribution in [1.82, 2.24) is 15.0 Å². The molecule has 0 spiro atoms. The van der Waals surface area contributed by atoms with E-state index >= 15 is 0 Å². The van der Waals surface area contributed by atoms with E-state index in [0.717, 1.165) is 0 Å². The van der Waals surface area contributed by atoms with E-state index in [9.17, 15) is 14.9 Å². The summed E-state index contributed by atoms with van der Waals surface area (Å²) in [4.78, 5) is 29.0. The Balaban J connectivity index is 1.66. The predicted octanol–water partition coefficient (Wildman–Crippen LogP) is 5.08. The molecule has 168 valence electrons. The highest BCUT2D eigenvalue weighted by Crippen LogP contribution is 2.28. The molecule has 1 aromatic heterocycles. The van der Waals surface area contributed by atoms with Gasteiger partial charge in [0.05, 0.1) is 9.95 Å². The zero-order chi connectivity index (χ0) is 23.3. The molecule has 11 heteroatoms. The molecule has 0 saturated carbocycles. The van der Waals surface area contributed by atoms with E-state index in [0.29, 0.717) is 45.7 Å². The number of halogens is 2. The Labute approximate surface area is 194 Å². The Morgan fingerprint density at radius 3 is 2.69 bits per heavy atom. The van der Waals surface area contributed by atoms with Gasteiger partial charge in [0.2, 0.25) is 11.7 Å². The second-order valence-electron chi connectivity index (χ2n) is 6.95. The number of rotatable bonds is 9. The first kappa shape index (κ1) is 23.5. The van der Waals surface area contributed by atoms with E-state index in [4.69, 9.17) is 32.5 Å². The molecule has 0 aliphatic carbocycles. The number of hydrogen-bond donors (Lipinski definition) is 0. The van der Waals surface area contributed by atoms with Crippen LogP contribution < -0.4 is 4.74 Å². The quantitative estimate of drug-likeness (QED) is 0.311. The van der Waals surface area contributed by atoms with Crippen LogP contribution in [0.5, 0.6) is 5.75 Å². The molecule has 32 heavy (non-hydrogen) atoms. The van der Waals surface area contributed by atoms with Crippen molar-refractivity contribution >= 4 is 34.8 Å². The lowest BCUT2D eigenvalue weighted by Gasteiger charge is -2.20. The first-order valence-electron chi connectivity index (χ1n) is 9.72. The molecule has 3 rings (SSSR count). The van der Waals surface area contributed by atoms with Crippen LogP contribution in [0.1, 0.15) is 24.8 Å². The minimum absolute atomic E-state index is 0.00993. The number of benzene rings is 2. The van der Waals surface area contributed by atoms with Crippen LogP contribution in [0.3, 0.4) is 0 Å². The van der Waals surface area contributed by atoms with Crippen LogP contribution in [-0.2, 0) is 11.3 Å². The van der Waals surface area contributed by atoms with Crippen molar-refractivity contribution in [3.8, 4) is 17.1 Å². The van der Waals surface area contributed by atoms with E-state index in [-0.39, 0.29) is 30.6 Å². The summed E-state index contributed by atoms with van der Waals surface area (Å²) in [7, 11) is 0. The first-order valence-corrected chi connectivity index (χ1v) is 10.5. The van der Waals surface area contributed by atoms with Crippen LogP contribution >= 0.6 is 23.2 Å². The third kappa shape index (κ3) is 5.74. The standard InChI is InChI=1S/C21H20Cl2N4O5/c1-3-8-26(20(28)12-31-15-5-7-18(27(29)30)13(2)9-15)11-19-24-21(25-32-19)16-6-4-14(22)10-17(16)23/h4-7,9-10H,3,8,11-12H2,1-2H3. The number of amides is 1. The van der Waals surface area contributed by atoms with Crippen LogP contribution in [-0.4, -0.2) is 39.0 Å². The molecular formula is C21H20Cl2N4O5. The minimum atomic E-state index is -0.469. The molecule has 0 saturated heterocycles. The van der Waals surface area contributed by atoms with E-state index in [1.807, 2.05) is 6.92 Å². The summed E-state index contributed by atoms with van der Waals surface area (Å²) in [5, 5.41) is 15.7. The average Bonchev–Trinajstić information content (AvgIpc) is 3.19. The van der Waals surface area contributed by atoms with Gasteiger partial charge in [-0.2, -0.15) is 4.98 Å². The van der Waals surface area contributed by atoms with Gasteiger partial charge in [-0.3, -0.25) is 14.9 Å². The average molecular weight is 479 g/mol. The number of carbonyl (C=O) groups is 1. The normalized spacial score (nSPS) is 10.8. The number of aromatic nitrogens is 2. The highest BCUT2D eigenvalue weighted by atomic mass is 35.5. The maximum Gasteiger partial charge on any atom is 0.272 e. The highest BCUT2D eigenvalue weighted by Gasteiger charge is 2.19. The lowest BCUT2D eigenvalue weighted by molar-refractivity contribution is -0.385. The molecule has 9 nitrogen and oxygen atoms in total. The summed E-state index contributed by atoms with van der Waals surface area (Å²) in [5.41, 5.74) is 1.00. The van der Waals surface area contributed by atoms with Crippen molar-refractivity contribution in [3.05, 3.63) is 68.0 Å². The van der Waals surface area contributed by atoms with Gasteiger partial charge in [-0.05, 0) is 43.7 Å². The second-order valence-corrected chi connectivity index (χ2v) is 7.79. The van der Waals surface area contributed by atoms with Crippen molar-refractivity contribution in [3.63, 3.8) is 0 Å². The van der Waals surface area contributed by atoms with Gasteiger partial charge in [-0.1, -0.05) is 35.3 Å². The van der Waals surface area contributed by atoms with Gasteiger partial charge in [0.1, 0.15) is 12.3 Å². The lowest BCUT2D eigenvalue weighted by Crippen LogP contribution is -2.35. The van der Waals surface area contributed by atoms with Crippen LogP contribution in [0.25, 0.3) is 11.4 Å². The van der Waals surface area contributed by atoms with Gasteiger partial charge >= 0.3 is 0 Å². The van der Waals surface area contributed by atoms with Crippen molar-refractivity contribution in [2.45, 2.75) is 26.8 Å². The van der Waals surface area contributed by atoms with E-state index in [1.54, 1.807) is 30.0 Å². The van der Waals surface area contributed by atoms with Gasteiger partial charge in [-0.15, -0.1) is 0 Å². The van der Waals surface area contributed by atoms with Crippen LogP contribution in [0, 0.1) is 17.0 Å². The fourth-order valence-corrected chi connectivity index (χ4v) is 3.48. The number of aryl methyl sites for hydroxylation is 1.